The van der Waals surface area contributed by atoms with Gasteiger partial charge in [-0.1, -0.05) is 17.7 Å². The van der Waals surface area contributed by atoms with Crippen molar-refractivity contribution >= 4 is 38.9 Å². The minimum Gasteiger partial charge on any atom is -0.497 e. The molecule has 2 amide bonds. The molecule has 0 spiro atoms. The Bertz CT molecular complexity index is 1450. The number of rotatable bonds is 9. The van der Waals surface area contributed by atoms with Gasteiger partial charge in [-0.2, -0.15) is 0 Å². The number of sulfonamides is 1. The van der Waals surface area contributed by atoms with E-state index in [0.717, 1.165) is 27.5 Å². The SMILES string of the molecule is COc1ccc(OC)c(N(CC(=O)Nc2ccc(N3CCCC3=O)c(C)c2)S(=O)(=O)c2ccc(C)cc2)c1. The molecule has 0 aliphatic carbocycles. The van der Waals surface area contributed by atoms with Crippen molar-refractivity contribution in [3.8, 4) is 11.5 Å². The van der Waals surface area contributed by atoms with E-state index >= 15 is 0 Å². The van der Waals surface area contributed by atoms with Gasteiger partial charge in [-0.05, 0) is 68.3 Å². The molecule has 1 heterocycles. The van der Waals surface area contributed by atoms with Crippen molar-refractivity contribution in [3.05, 3.63) is 71.8 Å². The summed E-state index contributed by atoms with van der Waals surface area (Å²) in [7, 11) is -1.26. The summed E-state index contributed by atoms with van der Waals surface area (Å²) in [5, 5.41) is 2.79. The zero-order valence-corrected chi connectivity index (χ0v) is 22.7. The second-order valence-corrected chi connectivity index (χ2v) is 10.9. The number of hydrogen-bond donors (Lipinski definition) is 1. The lowest BCUT2D eigenvalue weighted by Gasteiger charge is -2.26. The second kappa shape index (κ2) is 11.1. The molecule has 0 bridgehead atoms. The molecule has 3 aromatic carbocycles. The third kappa shape index (κ3) is 5.60. The van der Waals surface area contributed by atoms with Crippen molar-refractivity contribution in [2.75, 3.05) is 41.8 Å². The molecule has 200 valence electrons. The first-order valence-electron chi connectivity index (χ1n) is 12.2. The van der Waals surface area contributed by atoms with Gasteiger partial charge >= 0.3 is 0 Å². The molecular formula is C28H31N3O6S. The lowest BCUT2D eigenvalue weighted by atomic mass is 10.1. The summed E-state index contributed by atoms with van der Waals surface area (Å²) in [4.78, 5) is 27.2. The van der Waals surface area contributed by atoms with Crippen molar-refractivity contribution < 1.29 is 27.5 Å². The number of nitrogens with zero attached hydrogens (tertiary/aromatic N) is 2. The third-order valence-electron chi connectivity index (χ3n) is 6.40. The summed E-state index contributed by atoms with van der Waals surface area (Å²) in [6, 6.07) is 16.4. The second-order valence-electron chi connectivity index (χ2n) is 9.06. The van der Waals surface area contributed by atoms with Gasteiger partial charge in [0.25, 0.3) is 10.0 Å². The van der Waals surface area contributed by atoms with E-state index in [1.807, 2.05) is 13.8 Å². The summed E-state index contributed by atoms with van der Waals surface area (Å²) in [6.07, 6.45) is 1.34. The van der Waals surface area contributed by atoms with Crippen LogP contribution in [-0.2, 0) is 19.6 Å². The standard InChI is InChI=1S/C28H31N3O6S/c1-19-7-11-23(12-8-19)38(34,35)31(25-17-22(36-3)10-14-26(25)37-4)18-27(32)29-21-9-13-24(20(2)16-21)30-15-5-6-28(30)33/h7-14,16-17H,5-6,15,18H2,1-4H3,(H,29,32). The summed E-state index contributed by atoms with van der Waals surface area (Å²) in [6.45, 7) is 3.89. The maximum absolute atomic E-state index is 13.8. The van der Waals surface area contributed by atoms with Crippen molar-refractivity contribution in [1.82, 2.24) is 0 Å². The van der Waals surface area contributed by atoms with Crippen LogP contribution < -0.4 is 24.0 Å². The van der Waals surface area contributed by atoms with Crippen molar-refractivity contribution in [1.29, 1.82) is 0 Å². The maximum Gasteiger partial charge on any atom is 0.264 e. The Morgan fingerprint density at radius 1 is 1.00 bits per heavy atom. The summed E-state index contributed by atoms with van der Waals surface area (Å²) in [5.41, 5.74) is 3.20. The quantitative estimate of drug-likeness (QED) is 0.437. The van der Waals surface area contributed by atoms with Crippen molar-refractivity contribution in [2.45, 2.75) is 31.6 Å². The van der Waals surface area contributed by atoms with E-state index in [-0.39, 0.29) is 22.2 Å². The molecule has 4 rings (SSSR count). The predicted molar refractivity (Wildman–Crippen MR) is 147 cm³/mol. The lowest BCUT2D eigenvalue weighted by molar-refractivity contribution is -0.117. The van der Waals surface area contributed by atoms with Crippen LogP contribution in [0.2, 0.25) is 0 Å². The van der Waals surface area contributed by atoms with Gasteiger partial charge in [0.15, 0.2) is 0 Å². The molecule has 9 nitrogen and oxygen atoms in total. The monoisotopic (exact) mass is 537 g/mol. The number of carbonyl (C=O) groups excluding carboxylic acids is 2. The summed E-state index contributed by atoms with van der Waals surface area (Å²) in [5.74, 6) is 0.210. The highest BCUT2D eigenvalue weighted by Gasteiger charge is 2.30. The zero-order chi connectivity index (χ0) is 27.4. The van der Waals surface area contributed by atoms with Gasteiger partial charge in [0, 0.05) is 30.4 Å². The fourth-order valence-corrected chi connectivity index (χ4v) is 5.82. The maximum atomic E-state index is 13.8. The first-order chi connectivity index (χ1) is 18.1. The molecule has 1 aliphatic heterocycles. The number of aryl methyl sites for hydroxylation is 2. The third-order valence-corrected chi connectivity index (χ3v) is 8.17. The largest absolute Gasteiger partial charge is 0.497 e. The predicted octanol–water partition coefficient (Wildman–Crippen LogP) is 4.28. The smallest absolute Gasteiger partial charge is 0.264 e. The van der Waals surface area contributed by atoms with E-state index < -0.39 is 22.5 Å². The minimum atomic E-state index is -4.16. The van der Waals surface area contributed by atoms with Gasteiger partial charge in [0.2, 0.25) is 11.8 Å². The van der Waals surface area contributed by atoms with Gasteiger partial charge < -0.3 is 19.7 Å². The average molecular weight is 538 g/mol. The molecule has 1 aliphatic rings. The molecule has 0 radical (unpaired) electrons. The van der Waals surface area contributed by atoms with Gasteiger partial charge in [-0.25, -0.2) is 8.42 Å². The van der Waals surface area contributed by atoms with Crippen molar-refractivity contribution in [3.63, 3.8) is 0 Å². The fourth-order valence-electron chi connectivity index (χ4n) is 4.40. The van der Waals surface area contributed by atoms with Gasteiger partial charge in [-0.15, -0.1) is 0 Å². The van der Waals surface area contributed by atoms with Gasteiger partial charge in [0.1, 0.15) is 18.0 Å². The highest BCUT2D eigenvalue weighted by Crippen LogP contribution is 2.36. The Balaban J connectivity index is 1.66. The van der Waals surface area contributed by atoms with Gasteiger partial charge in [-0.3, -0.25) is 13.9 Å². The van der Waals surface area contributed by atoms with Crippen LogP contribution in [0.4, 0.5) is 17.1 Å². The molecule has 10 heteroatoms. The highest BCUT2D eigenvalue weighted by atomic mass is 32.2. The molecule has 1 saturated heterocycles. The molecular weight excluding hydrogens is 506 g/mol. The van der Waals surface area contributed by atoms with Gasteiger partial charge in [0.05, 0.1) is 24.8 Å². The molecule has 3 aromatic rings. The number of methoxy groups -OCH3 is 2. The molecule has 0 aromatic heterocycles. The number of benzene rings is 3. The Labute approximate surface area is 223 Å². The van der Waals surface area contributed by atoms with Crippen LogP contribution in [0.3, 0.4) is 0 Å². The van der Waals surface area contributed by atoms with Crippen LogP contribution in [0.15, 0.2) is 65.6 Å². The van der Waals surface area contributed by atoms with Crippen LogP contribution in [0, 0.1) is 13.8 Å². The zero-order valence-electron chi connectivity index (χ0n) is 21.9. The molecule has 1 fully saturated rings. The normalized spacial score (nSPS) is 13.4. The van der Waals surface area contributed by atoms with E-state index in [2.05, 4.69) is 5.32 Å². The Morgan fingerprint density at radius 3 is 2.34 bits per heavy atom. The number of nitrogens with one attached hydrogen (secondary N) is 1. The Morgan fingerprint density at radius 2 is 1.74 bits per heavy atom. The van der Waals surface area contributed by atoms with E-state index in [0.29, 0.717) is 24.4 Å². The van der Waals surface area contributed by atoms with Crippen LogP contribution in [0.25, 0.3) is 0 Å². The highest BCUT2D eigenvalue weighted by molar-refractivity contribution is 7.92. The number of amides is 2. The molecule has 0 atom stereocenters. The average Bonchev–Trinajstić information content (AvgIpc) is 3.32. The fraction of sp³-hybridized carbons (Fsp3) is 0.286. The molecule has 1 N–H and O–H groups in total. The van der Waals surface area contributed by atoms with E-state index in [9.17, 15) is 18.0 Å². The summed E-state index contributed by atoms with van der Waals surface area (Å²) >= 11 is 0. The van der Waals surface area contributed by atoms with Crippen LogP contribution in [0.5, 0.6) is 11.5 Å². The molecule has 0 unspecified atom stereocenters. The first kappa shape index (κ1) is 27.0. The van der Waals surface area contributed by atoms with Crippen LogP contribution in [-0.4, -0.2) is 47.5 Å². The molecule has 0 saturated carbocycles. The number of carbonyl (C=O) groups is 2. The summed E-state index contributed by atoms with van der Waals surface area (Å²) < 4.78 is 39.3. The topological polar surface area (TPSA) is 105 Å². The van der Waals surface area contributed by atoms with E-state index in [1.165, 1.54) is 32.4 Å². The van der Waals surface area contributed by atoms with Crippen LogP contribution in [0.1, 0.15) is 24.0 Å². The number of hydrogen-bond acceptors (Lipinski definition) is 6. The molecule has 38 heavy (non-hydrogen) atoms. The Kier molecular flexibility index (Phi) is 7.91. The lowest BCUT2D eigenvalue weighted by Crippen LogP contribution is -2.38. The number of ether oxygens (including phenoxy) is 2. The van der Waals surface area contributed by atoms with E-state index in [4.69, 9.17) is 9.47 Å². The minimum absolute atomic E-state index is 0.0382. The van der Waals surface area contributed by atoms with E-state index in [1.54, 1.807) is 47.4 Å². The van der Waals surface area contributed by atoms with Crippen LogP contribution >= 0.6 is 0 Å². The first-order valence-corrected chi connectivity index (χ1v) is 13.6. The number of anilines is 3. The Hall–Kier alpha value is -4.05. The van der Waals surface area contributed by atoms with Crippen molar-refractivity contribution in [2.24, 2.45) is 0 Å².